The summed E-state index contributed by atoms with van der Waals surface area (Å²) in [6, 6.07) is 27.3. The van der Waals surface area contributed by atoms with Gasteiger partial charge in [-0.15, -0.1) is 0 Å². The van der Waals surface area contributed by atoms with E-state index in [0.717, 1.165) is 16.0 Å². The zero-order valence-electron chi connectivity index (χ0n) is 21.0. The second-order valence-electron chi connectivity index (χ2n) is 8.82. The molecule has 4 amide bonds. The van der Waals surface area contributed by atoms with Crippen LogP contribution in [0.2, 0.25) is 10.0 Å². The normalized spacial score (nSPS) is 14.3. The molecule has 0 saturated carbocycles. The molecule has 0 aliphatic carbocycles. The highest BCUT2D eigenvalue weighted by Gasteiger charge is 2.36. The van der Waals surface area contributed by atoms with Gasteiger partial charge in [0.25, 0.3) is 11.8 Å². The fourth-order valence-electron chi connectivity index (χ4n) is 3.98. The van der Waals surface area contributed by atoms with Gasteiger partial charge in [-0.25, -0.2) is 9.69 Å². The van der Waals surface area contributed by atoms with Crippen LogP contribution in [0.4, 0.5) is 10.5 Å². The van der Waals surface area contributed by atoms with Gasteiger partial charge in [-0.05, 0) is 65.7 Å². The van der Waals surface area contributed by atoms with Crippen LogP contribution in [0.5, 0.6) is 11.5 Å². The molecule has 1 aliphatic rings. The molecule has 0 unspecified atom stereocenters. The third-order valence-corrected chi connectivity index (χ3v) is 6.61. The second kappa shape index (κ2) is 12.1. The zero-order chi connectivity index (χ0) is 28.1. The molecular weight excluding hydrogens is 551 g/mol. The van der Waals surface area contributed by atoms with Crippen molar-refractivity contribution in [1.29, 1.82) is 0 Å². The summed E-state index contributed by atoms with van der Waals surface area (Å²) in [7, 11) is 0. The Morgan fingerprint density at radius 3 is 2.25 bits per heavy atom. The lowest BCUT2D eigenvalue weighted by atomic mass is 10.1. The summed E-state index contributed by atoms with van der Waals surface area (Å²) in [6.07, 6.45) is 1.41. The molecule has 4 aromatic rings. The highest BCUT2D eigenvalue weighted by Crippen LogP contribution is 2.26. The molecule has 0 atom stereocenters. The first-order chi connectivity index (χ1) is 19.4. The predicted molar refractivity (Wildman–Crippen MR) is 153 cm³/mol. The third kappa shape index (κ3) is 6.34. The Morgan fingerprint density at radius 1 is 0.750 bits per heavy atom. The Balaban J connectivity index is 1.30. The summed E-state index contributed by atoms with van der Waals surface area (Å²) >= 11 is 12.2. The number of carbonyl (C=O) groups excluding carboxylic acids is 3. The molecule has 4 aromatic carbocycles. The molecule has 1 fully saturated rings. The molecule has 5 rings (SSSR count). The summed E-state index contributed by atoms with van der Waals surface area (Å²) in [5.41, 5.74) is 2.40. The van der Waals surface area contributed by atoms with Gasteiger partial charge < -0.3 is 9.47 Å². The number of hydrogen-bond donors (Lipinski definition) is 1. The van der Waals surface area contributed by atoms with E-state index >= 15 is 0 Å². The van der Waals surface area contributed by atoms with Crippen LogP contribution < -0.4 is 19.7 Å². The van der Waals surface area contributed by atoms with Gasteiger partial charge in [-0.2, -0.15) is 0 Å². The SMILES string of the molecule is O=C1NC(=O)N(c2ccc(OCc3ccccc3)cc2)C(=O)/C1=C\c1cccc(OCc2ccc(Cl)cc2Cl)c1. The fourth-order valence-corrected chi connectivity index (χ4v) is 4.45. The van der Waals surface area contributed by atoms with Gasteiger partial charge >= 0.3 is 6.03 Å². The van der Waals surface area contributed by atoms with Crippen LogP contribution in [0, 0.1) is 0 Å². The first-order valence-electron chi connectivity index (χ1n) is 12.2. The molecule has 0 aromatic heterocycles. The number of nitrogens with zero attached hydrogens (tertiary/aromatic N) is 1. The van der Waals surface area contributed by atoms with E-state index in [0.29, 0.717) is 39.4 Å². The number of carbonyl (C=O) groups is 3. The maximum absolute atomic E-state index is 13.3. The number of anilines is 1. The van der Waals surface area contributed by atoms with E-state index in [-0.39, 0.29) is 12.2 Å². The lowest BCUT2D eigenvalue weighted by Crippen LogP contribution is -2.54. The molecule has 7 nitrogen and oxygen atoms in total. The summed E-state index contributed by atoms with van der Waals surface area (Å²) < 4.78 is 11.6. The Bertz CT molecular complexity index is 1600. The number of urea groups is 1. The third-order valence-electron chi connectivity index (χ3n) is 6.02. The standard InChI is InChI=1S/C31H22Cl2N2O5/c32-23-10-9-22(28(33)17-23)19-40-26-8-4-7-21(15-26)16-27-29(36)34-31(38)35(30(27)37)24-11-13-25(14-12-24)39-18-20-5-2-1-3-6-20/h1-17H,18-19H2,(H,34,36,38)/b27-16-. The molecule has 1 aliphatic heterocycles. The molecule has 1 heterocycles. The van der Waals surface area contributed by atoms with Crippen molar-refractivity contribution in [2.75, 3.05) is 4.90 Å². The van der Waals surface area contributed by atoms with Crippen molar-refractivity contribution in [3.63, 3.8) is 0 Å². The first kappa shape index (κ1) is 27.0. The quantitative estimate of drug-likeness (QED) is 0.185. The van der Waals surface area contributed by atoms with Crippen LogP contribution in [0.3, 0.4) is 0 Å². The summed E-state index contributed by atoms with van der Waals surface area (Å²) in [6.45, 7) is 0.572. The highest BCUT2D eigenvalue weighted by atomic mass is 35.5. The monoisotopic (exact) mass is 572 g/mol. The molecule has 0 bridgehead atoms. The minimum atomic E-state index is -0.831. The van der Waals surface area contributed by atoms with Crippen LogP contribution in [0.15, 0.2) is 103 Å². The van der Waals surface area contributed by atoms with Crippen molar-refractivity contribution in [2.24, 2.45) is 0 Å². The summed E-state index contributed by atoms with van der Waals surface area (Å²) in [5.74, 6) is -0.455. The van der Waals surface area contributed by atoms with Gasteiger partial charge in [0.1, 0.15) is 30.3 Å². The number of halogens is 2. The predicted octanol–water partition coefficient (Wildman–Crippen LogP) is 6.82. The molecule has 1 N–H and O–H groups in total. The Hall–Kier alpha value is -4.59. The maximum Gasteiger partial charge on any atom is 0.335 e. The number of ether oxygens (including phenoxy) is 2. The van der Waals surface area contributed by atoms with Gasteiger partial charge in [0.05, 0.1) is 5.69 Å². The fraction of sp³-hybridized carbons (Fsp3) is 0.0645. The number of rotatable bonds is 8. The molecule has 200 valence electrons. The minimum Gasteiger partial charge on any atom is -0.489 e. The molecule has 9 heteroatoms. The van der Waals surface area contributed by atoms with Crippen molar-refractivity contribution >= 4 is 52.8 Å². The number of amides is 4. The summed E-state index contributed by atoms with van der Waals surface area (Å²) in [5, 5.41) is 3.24. The smallest absolute Gasteiger partial charge is 0.335 e. The average molecular weight is 573 g/mol. The van der Waals surface area contributed by atoms with Crippen molar-refractivity contribution < 1.29 is 23.9 Å². The number of imide groups is 2. The largest absolute Gasteiger partial charge is 0.489 e. The van der Waals surface area contributed by atoms with E-state index in [1.807, 2.05) is 30.3 Å². The number of barbiturate groups is 1. The second-order valence-corrected chi connectivity index (χ2v) is 9.67. The number of benzene rings is 4. The number of nitrogens with one attached hydrogen (secondary N) is 1. The lowest BCUT2D eigenvalue weighted by molar-refractivity contribution is -0.122. The van der Waals surface area contributed by atoms with Crippen molar-refractivity contribution in [3.8, 4) is 11.5 Å². The van der Waals surface area contributed by atoms with Crippen LogP contribution in [-0.2, 0) is 22.8 Å². The zero-order valence-corrected chi connectivity index (χ0v) is 22.5. The Labute approximate surface area is 240 Å². The Morgan fingerprint density at radius 2 is 1.50 bits per heavy atom. The number of hydrogen-bond acceptors (Lipinski definition) is 5. The highest BCUT2D eigenvalue weighted by molar-refractivity contribution is 6.39. The topological polar surface area (TPSA) is 84.9 Å². The van der Waals surface area contributed by atoms with Gasteiger partial charge in [-0.3, -0.25) is 14.9 Å². The van der Waals surface area contributed by atoms with Gasteiger partial charge in [0.15, 0.2) is 0 Å². The van der Waals surface area contributed by atoms with Crippen molar-refractivity contribution in [2.45, 2.75) is 13.2 Å². The van der Waals surface area contributed by atoms with Gasteiger partial charge in [0, 0.05) is 15.6 Å². The van der Waals surface area contributed by atoms with E-state index in [1.54, 1.807) is 66.7 Å². The van der Waals surface area contributed by atoms with Crippen LogP contribution in [0.25, 0.3) is 6.08 Å². The molecule has 40 heavy (non-hydrogen) atoms. The minimum absolute atomic E-state index is 0.193. The van der Waals surface area contributed by atoms with Gasteiger partial charge in [0.2, 0.25) is 0 Å². The summed E-state index contributed by atoms with van der Waals surface area (Å²) in [4.78, 5) is 39.4. The van der Waals surface area contributed by atoms with E-state index in [9.17, 15) is 14.4 Å². The molecule has 0 spiro atoms. The van der Waals surface area contributed by atoms with E-state index in [1.165, 1.54) is 6.08 Å². The van der Waals surface area contributed by atoms with Crippen LogP contribution in [0.1, 0.15) is 16.7 Å². The molecule has 1 saturated heterocycles. The van der Waals surface area contributed by atoms with Crippen molar-refractivity contribution in [3.05, 3.63) is 129 Å². The maximum atomic E-state index is 13.3. The van der Waals surface area contributed by atoms with E-state index in [4.69, 9.17) is 32.7 Å². The van der Waals surface area contributed by atoms with E-state index < -0.39 is 17.8 Å². The first-order valence-corrected chi connectivity index (χ1v) is 13.0. The van der Waals surface area contributed by atoms with Crippen LogP contribution in [-0.4, -0.2) is 17.8 Å². The average Bonchev–Trinajstić information content (AvgIpc) is 2.95. The molecule has 0 radical (unpaired) electrons. The van der Waals surface area contributed by atoms with Gasteiger partial charge in [-0.1, -0.05) is 71.7 Å². The molecular formula is C31H22Cl2N2O5. The van der Waals surface area contributed by atoms with Crippen molar-refractivity contribution in [1.82, 2.24) is 5.32 Å². The Kier molecular flexibility index (Phi) is 8.15. The van der Waals surface area contributed by atoms with Crippen LogP contribution >= 0.6 is 23.2 Å². The van der Waals surface area contributed by atoms with E-state index in [2.05, 4.69) is 5.32 Å². The lowest BCUT2D eigenvalue weighted by Gasteiger charge is -2.26.